The summed E-state index contributed by atoms with van der Waals surface area (Å²) in [6.07, 6.45) is 2.40. The Bertz CT molecular complexity index is 172. The van der Waals surface area contributed by atoms with Crippen molar-refractivity contribution in [2.24, 2.45) is 5.92 Å². The molecule has 0 fully saturated rings. The molecule has 1 N–H and O–H groups in total. The number of carbonyl (C=O) groups is 1. The van der Waals surface area contributed by atoms with E-state index < -0.39 is 0 Å². The zero-order valence-corrected chi connectivity index (χ0v) is 5.83. The number of esters is 1. The highest BCUT2D eigenvalue weighted by atomic mass is 16.5. The van der Waals surface area contributed by atoms with Crippen LogP contribution >= 0.6 is 0 Å². The molecular weight excluding hydrogens is 132 g/mol. The summed E-state index contributed by atoms with van der Waals surface area (Å²) >= 11 is 0. The minimum atomic E-state index is -0.219. The van der Waals surface area contributed by atoms with E-state index in [4.69, 9.17) is 5.11 Å². The van der Waals surface area contributed by atoms with Gasteiger partial charge in [-0.15, -0.1) is 0 Å². The fourth-order valence-electron chi connectivity index (χ4n) is 0.880. The summed E-state index contributed by atoms with van der Waals surface area (Å²) in [5.74, 6) is -0.347. The molecule has 3 heteroatoms. The first kappa shape index (κ1) is 7.28. The molecule has 3 nitrogen and oxygen atoms in total. The molecule has 1 aliphatic rings. The Hall–Kier alpha value is -0.830. The summed E-state index contributed by atoms with van der Waals surface area (Å²) in [7, 11) is 1.37. The molecule has 1 aliphatic carbocycles. The molecule has 1 rings (SSSR count). The van der Waals surface area contributed by atoms with Gasteiger partial charge in [0.05, 0.1) is 13.0 Å². The molecule has 0 spiro atoms. The van der Waals surface area contributed by atoms with Crippen molar-refractivity contribution in [3.63, 3.8) is 0 Å². The maximum Gasteiger partial charge on any atom is 0.316 e. The Morgan fingerprint density at radius 2 is 2.60 bits per heavy atom. The van der Waals surface area contributed by atoms with Crippen molar-refractivity contribution in [3.8, 4) is 0 Å². The van der Waals surface area contributed by atoms with Crippen LogP contribution in [0.1, 0.15) is 6.42 Å². The van der Waals surface area contributed by atoms with Crippen LogP contribution in [0.3, 0.4) is 0 Å². The molecule has 1 atom stereocenters. The molecule has 10 heavy (non-hydrogen) atoms. The molecule has 0 aromatic rings. The molecule has 0 amide bonds. The van der Waals surface area contributed by atoms with Gasteiger partial charge in [-0.3, -0.25) is 4.79 Å². The smallest absolute Gasteiger partial charge is 0.316 e. The number of aliphatic hydroxyl groups excluding tert-OH is 1. The van der Waals surface area contributed by atoms with E-state index in [-0.39, 0.29) is 18.5 Å². The van der Waals surface area contributed by atoms with E-state index >= 15 is 0 Å². The van der Waals surface area contributed by atoms with Crippen molar-refractivity contribution in [1.82, 2.24) is 0 Å². The zero-order valence-electron chi connectivity index (χ0n) is 5.83. The first-order valence-electron chi connectivity index (χ1n) is 3.19. The van der Waals surface area contributed by atoms with E-state index in [1.54, 1.807) is 0 Å². The van der Waals surface area contributed by atoms with Crippen molar-refractivity contribution in [3.05, 3.63) is 11.6 Å². The van der Waals surface area contributed by atoms with Gasteiger partial charge < -0.3 is 9.84 Å². The Morgan fingerprint density at radius 3 is 3.10 bits per heavy atom. The highest BCUT2D eigenvalue weighted by Gasteiger charge is 2.31. The summed E-state index contributed by atoms with van der Waals surface area (Å²) in [4.78, 5) is 10.7. The predicted octanol–water partition coefficient (Wildman–Crippen LogP) is 0.0980. The van der Waals surface area contributed by atoms with E-state index in [2.05, 4.69) is 4.74 Å². The molecule has 0 aliphatic heterocycles. The lowest BCUT2D eigenvalue weighted by Crippen LogP contribution is -2.05. The molecule has 0 aromatic carbocycles. The van der Waals surface area contributed by atoms with Gasteiger partial charge in [0, 0.05) is 6.61 Å². The van der Waals surface area contributed by atoms with Crippen LogP contribution in [0, 0.1) is 5.92 Å². The quantitative estimate of drug-likeness (QED) is 0.449. The zero-order chi connectivity index (χ0) is 7.56. The van der Waals surface area contributed by atoms with Crippen LogP contribution in [0.2, 0.25) is 0 Å². The van der Waals surface area contributed by atoms with Crippen LogP contribution in [0.15, 0.2) is 11.6 Å². The topological polar surface area (TPSA) is 46.5 Å². The third-order valence-electron chi connectivity index (χ3n) is 1.53. The second kappa shape index (κ2) is 2.84. The van der Waals surface area contributed by atoms with E-state index in [1.165, 1.54) is 7.11 Å². The summed E-state index contributed by atoms with van der Waals surface area (Å²) < 4.78 is 4.48. The lowest BCUT2D eigenvalue weighted by molar-refractivity contribution is -0.141. The SMILES string of the molecule is COC(=O)C1C=C1CCO. The lowest BCUT2D eigenvalue weighted by atomic mass is 10.2. The third kappa shape index (κ3) is 1.36. The average Bonchev–Trinajstić information content (AvgIpc) is 2.67. The van der Waals surface area contributed by atoms with Gasteiger partial charge in [0.2, 0.25) is 0 Å². The molecule has 0 aromatic heterocycles. The van der Waals surface area contributed by atoms with Crippen LogP contribution in [0.5, 0.6) is 0 Å². The minimum Gasteiger partial charge on any atom is -0.468 e. The van der Waals surface area contributed by atoms with E-state index in [9.17, 15) is 4.79 Å². The van der Waals surface area contributed by atoms with Gasteiger partial charge in [0.25, 0.3) is 0 Å². The van der Waals surface area contributed by atoms with Crippen LogP contribution in [0.25, 0.3) is 0 Å². The standard InChI is InChI=1S/C7H10O3/c1-10-7(9)6-4-5(6)2-3-8/h4,6,8H,2-3H2,1H3. The van der Waals surface area contributed by atoms with Crippen LogP contribution < -0.4 is 0 Å². The first-order chi connectivity index (χ1) is 4.79. The Morgan fingerprint density at radius 1 is 1.90 bits per heavy atom. The fraction of sp³-hybridized carbons (Fsp3) is 0.571. The van der Waals surface area contributed by atoms with Gasteiger partial charge in [-0.25, -0.2) is 0 Å². The summed E-state index contributed by atoms with van der Waals surface area (Å²) in [5.41, 5.74) is 0.995. The molecule has 0 saturated heterocycles. The Kier molecular flexibility index (Phi) is 2.06. The number of methoxy groups -OCH3 is 1. The molecule has 0 saturated carbocycles. The number of aliphatic hydroxyl groups is 1. The van der Waals surface area contributed by atoms with Gasteiger partial charge >= 0.3 is 5.97 Å². The van der Waals surface area contributed by atoms with Crippen LogP contribution in [-0.2, 0) is 9.53 Å². The summed E-state index contributed by atoms with van der Waals surface area (Å²) in [6.45, 7) is 0.110. The first-order valence-corrected chi connectivity index (χ1v) is 3.19. The number of rotatable bonds is 3. The highest BCUT2D eigenvalue weighted by molar-refractivity contribution is 5.83. The minimum absolute atomic E-state index is 0.110. The van der Waals surface area contributed by atoms with Crippen molar-refractivity contribution in [2.75, 3.05) is 13.7 Å². The number of ether oxygens (including phenoxy) is 1. The molecule has 1 unspecified atom stereocenters. The second-order valence-corrected chi connectivity index (χ2v) is 2.22. The van der Waals surface area contributed by atoms with Gasteiger partial charge in [-0.2, -0.15) is 0 Å². The Balaban J connectivity index is 2.22. The molecule has 0 radical (unpaired) electrons. The molecule has 0 heterocycles. The largest absolute Gasteiger partial charge is 0.468 e. The normalized spacial score (nSPS) is 21.8. The van der Waals surface area contributed by atoms with Crippen molar-refractivity contribution in [1.29, 1.82) is 0 Å². The van der Waals surface area contributed by atoms with E-state index in [0.717, 1.165) is 5.57 Å². The van der Waals surface area contributed by atoms with Gasteiger partial charge in [-0.05, 0) is 6.42 Å². The van der Waals surface area contributed by atoms with Crippen molar-refractivity contribution >= 4 is 5.97 Å². The number of hydrogen-bond acceptors (Lipinski definition) is 3. The van der Waals surface area contributed by atoms with E-state index in [1.807, 2.05) is 6.08 Å². The van der Waals surface area contributed by atoms with Crippen molar-refractivity contribution < 1.29 is 14.6 Å². The maximum absolute atomic E-state index is 10.7. The van der Waals surface area contributed by atoms with Crippen LogP contribution in [0.4, 0.5) is 0 Å². The monoisotopic (exact) mass is 142 g/mol. The predicted molar refractivity (Wildman–Crippen MR) is 35.3 cm³/mol. The highest BCUT2D eigenvalue weighted by Crippen LogP contribution is 2.32. The average molecular weight is 142 g/mol. The number of carbonyl (C=O) groups excluding carboxylic acids is 1. The summed E-state index contributed by atoms with van der Waals surface area (Å²) in [6, 6.07) is 0. The molecule has 0 bridgehead atoms. The maximum atomic E-state index is 10.7. The summed E-state index contributed by atoms with van der Waals surface area (Å²) in [5, 5.41) is 8.46. The Labute approximate surface area is 59.3 Å². The fourth-order valence-corrected chi connectivity index (χ4v) is 0.880. The number of hydrogen-bond donors (Lipinski definition) is 1. The van der Waals surface area contributed by atoms with Crippen molar-refractivity contribution in [2.45, 2.75) is 6.42 Å². The van der Waals surface area contributed by atoms with E-state index in [0.29, 0.717) is 6.42 Å². The lowest BCUT2D eigenvalue weighted by Gasteiger charge is -1.95. The molecule has 56 valence electrons. The third-order valence-corrected chi connectivity index (χ3v) is 1.53. The van der Waals surface area contributed by atoms with Gasteiger partial charge in [0.1, 0.15) is 0 Å². The van der Waals surface area contributed by atoms with Crippen LogP contribution in [-0.4, -0.2) is 24.8 Å². The van der Waals surface area contributed by atoms with Gasteiger partial charge in [0.15, 0.2) is 0 Å². The van der Waals surface area contributed by atoms with Gasteiger partial charge in [-0.1, -0.05) is 11.6 Å². The second-order valence-electron chi connectivity index (χ2n) is 2.22. The molecular formula is C7H10O3.